The van der Waals surface area contributed by atoms with Crippen molar-refractivity contribution >= 4 is 27.7 Å². The van der Waals surface area contributed by atoms with Gasteiger partial charge in [-0.05, 0) is 28.8 Å². The molecule has 0 aliphatic heterocycles. The van der Waals surface area contributed by atoms with E-state index in [1.54, 1.807) is 0 Å². The summed E-state index contributed by atoms with van der Waals surface area (Å²) in [5.41, 5.74) is 0.805. The van der Waals surface area contributed by atoms with Gasteiger partial charge in [-0.15, -0.1) is 0 Å². The third-order valence-electron chi connectivity index (χ3n) is 2.55. The number of halogens is 1. The highest BCUT2D eigenvalue weighted by Crippen LogP contribution is 2.18. The second kappa shape index (κ2) is 7.21. The van der Waals surface area contributed by atoms with Crippen LogP contribution in [-0.4, -0.2) is 15.2 Å². The van der Waals surface area contributed by atoms with Crippen molar-refractivity contribution in [3.8, 4) is 0 Å². The molecular weight excluding hydrogens is 300 g/mol. The maximum atomic E-state index is 11.7. The molecular formula is C12H19BrN2OS. The maximum Gasteiger partial charge on any atom is 0.265 e. The Morgan fingerprint density at radius 1 is 1.47 bits per heavy atom. The van der Waals surface area contributed by atoms with E-state index >= 15 is 0 Å². The molecule has 1 atom stereocenters. The van der Waals surface area contributed by atoms with Gasteiger partial charge in [0.1, 0.15) is 10.3 Å². The molecule has 0 bridgehead atoms. The second-order valence-corrected chi connectivity index (χ2v) is 6.27. The van der Waals surface area contributed by atoms with Crippen LogP contribution in [0.5, 0.6) is 0 Å². The van der Waals surface area contributed by atoms with E-state index in [1.165, 1.54) is 0 Å². The SMILES string of the molecule is CCCc1nc(CSC(C)CC)[nH]c(=O)c1Br. The van der Waals surface area contributed by atoms with Crippen LogP contribution in [0.25, 0.3) is 0 Å². The van der Waals surface area contributed by atoms with Crippen LogP contribution in [0.15, 0.2) is 9.27 Å². The lowest BCUT2D eigenvalue weighted by atomic mass is 10.2. The molecule has 1 N–H and O–H groups in total. The highest BCUT2D eigenvalue weighted by Gasteiger charge is 2.09. The van der Waals surface area contributed by atoms with Crippen LogP contribution in [-0.2, 0) is 12.2 Å². The first-order valence-electron chi connectivity index (χ1n) is 5.97. The summed E-state index contributed by atoms with van der Waals surface area (Å²) in [6, 6.07) is 0. The standard InChI is InChI=1S/C12H19BrN2OS/c1-4-6-9-11(13)12(16)15-10(14-9)7-17-8(3)5-2/h8H,4-7H2,1-3H3,(H,14,15,16). The number of nitrogens with zero attached hydrogens (tertiary/aromatic N) is 1. The number of aryl methyl sites for hydroxylation is 1. The van der Waals surface area contributed by atoms with Crippen molar-refractivity contribution in [1.82, 2.24) is 9.97 Å². The fraction of sp³-hybridized carbons (Fsp3) is 0.667. The lowest BCUT2D eigenvalue weighted by molar-refractivity contribution is 0.833. The molecule has 0 radical (unpaired) electrons. The largest absolute Gasteiger partial charge is 0.309 e. The minimum absolute atomic E-state index is 0.0665. The Balaban J connectivity index is 2.83. The highest BCUT2D eigenvalue weighted by atomic mass is 79.9. The number of aromatic nitrogens is 2. The zero-order valence-electron chi connectivity index (χ0n) is 10.5. The molecule has 0 aliphatic rings. The Kier molecular flexibility index (Phi) is 6.27. The van der Waals surface area contributed by atoms with Crippen molar-refractivity contribution < 1.29 is 0 Å². The Bertz CT molecular complexity index is 419. The van der Waals surface area contributed by atoms with E-state index in [0.29, 0.717) is 9.72 Å². The van der Waals surface area contributed by atoms with E-state index < -0.39 is 0 Å². The van der Waals surface area contributed by atoms with Crippen LogP contribution in [0.4, 0.5) is 0 Å². The zero-order chi connectivity index (χ0) is 12.8. The minimum atomic E-state index is -0.0665. The third-order valence-corrected chi connectivity index (χ3v) is 4.71. The van der Waals surface area contributed by atoms with Gasteiger partial charge in [0.15, 0.2) is 0 Å². The van der Waals surface area contributed by atoms with E-state index in [0.717, 1.165) is 36.5 Å². The van der Waals surface area contributed by atoms with Crippen LogP contribution in [0, 0.1) is 0 Å². The molecule has 0 aromatic carbocycles. The summed E-state index contributed by atoms with van der Waals surface area (Å²) in [6.45, 7) is 6.44. The van der Waals surface area contributed by atoms with Gasteiger partial charge >= 0.3 is 0 Å². The molecule has 0 saturated carbocycles. The number of aromatic amines is 1. The normalized spacial score (nSPS) is 12.7. The van der Waals surface area contributed by atoms with Crippen molar-refractivity contribution in [2.45, 2.75) is 51.0 Å². The summed E-state index contributed by atoms with van der Waals surface area (Å²) in [7, 11) is 0. The van der Waals surface area contributed by atoms with Gasteiger partial charge in [-0.3, -0.25) is 4.79 Å². The topological polar surface area (TPSA) is 45.8 Å². The first kappa shape index (κ1) is 14.8. The van der Waals surface area contributed by atoms with Crippen LogP contribution in [0.2, 0.25) is 0 Å². The molecule has 0 saturated heterocycles. The van der Waals surface area contributed by atoms with Crippen molar-refractivity contribution in [2.75, 3.05) is 0 Å². The monoisotopic (exact) mass is 318 g/mol. The molecule has 1 rings (SSSR count). The molecule has 5 heteroatoms. The summed E-state index contributed by atoms with van der Waals surface area (Å²) in [6.07, 6.45) is 2.96. The van der Waals surface area contributed by atoms with Crippen molar-refractivity contribution in [3.63, 3.8) is 0 Å². The summed E-state index contributed by atoms with van der Waals surface area (Å²) in [5, 5.41) is 0.596. The molecule has 0 aliphatic carbocycles. The predicted octanol–water partition coefficient (Wildman–Crippen LogP) is 3.52. The van der Waals surface area contributed by atoms with E-state index in [2.05, 4.69) is 46.7 Å². The average Bonchev–Trinajstić information content (AvgIpc) is 2.32. The van der Waals surface area contributed by atoms with Gasteiger partial charge < -0.3 is 4.98 Å². The number of hydrogen-bond donors (Lipinski definition) is 1. The number of H-pyrrole nitrogens is 1. The molecule has 1 heterocycles. The van der Waals surface area contributed by atoms with Gasteiger partial charge in [0, 0.05) is 5.25 Å². The van der Waals surface area contributed by atoms with Crippen LogP contribution >= 0.6 is 27.7 Å². The molecule has 0 spiro atoms. The van der Waals surface area contributed by atoms with E-state index in [4.69, 9.17) is 0 Å². The Hall–Kier alpha value is -0.290. The smallest absolute Gasteiger partial charge is 0.265 e. The minimum Gasteiger partial charge on any atom is -0.309 e. The van der Waals surface area contributed by atoms with Crippen molar-refractivity contribution in [2.24, 2.45) is 0 Å². The third kappa shape index (κ3) is 4.47. The fourth-order valence-electron chi connectivity index (χ4n) is 1.37. The average molecular weight is 319 g/mol. The first-order chi connectivity index (χ1) is 8.08. The Morgan fingerprint density at radius 2 is 2.18 bits per heavy atom. The van der Waals surface area contributed by atoms with Gasteiger partial charge in [-0.2, -0.15) is 11.8 Å². The van der Waals surface area contributed by atoms with Crippen LogP contribution in [0.1, 0.15) is 45.1 Å². The predicted molar refractivity (Wildman–Crippen MR) is 77.6 cm³/mol. The van der Waals surface area contributed by atoms with Gasteiger partial charge in [0.2, 0.25) is 0 Å². The van der Waals surface area contributed by atoms with Crippen LogP contribution in [0.3, 0.4) is 0 Å². The zero-order valence-corrected chi connectivity index (χ0v) is 12.9. The van der Waals surface area contributed by atoms with Crippen molar-refractivity contribution in [3.05, 3.63) is 26.3 Å². The van der Waals surface area contributed by atoms with Gasteiger partial charge in [-0.1, -0.05) is 27.2 Å². The van der Waals surface area contributed by atoms with Crippen molar-refractivity contribution in [1.29, 1.82) is 0 Å². The summed E-state index contributed by atoms with van der Waals surface area (Å²) in [5.74, 6) is 1.56. The Morgan fingerprint density at radius 3 is 2.76 bits per heavy atom. The summed E-state index contributed by atoms with van der Waals surface area (Å²) < 4.78 is 0.580. The summed E-state index contributed by atoms with van der Waals surface area (Å²) in [4.78, 5) is 19.0. The molecule has 1 unspecified atom stereocenters. The number of hydrogen-bond acceptors (Lipinski definition) is 3. The molecule has 0 fully saturated rings. The second-order valence-electron chi connectivity index (χ2n) is 4.05. The van der Waals surface area contributed by atoms with E-state index in [1.807, 2.05) is 11.8 Å². The fourth-order valence-corrected chi connectivity index (χ4v) is 2.57. The maximum absolute atomic E-state index is 11.7. The lowest BCUT2D eigenvalue weighted by Gasteiger charge is -2.09. The quantitative estimate of drug-likeness (QED) is 0.873. The molecule has 3 nitrogen and oxygen atoms in total. The number of thioether (sulfide) groups is 1. The molecule has 96 valence electrons. The number of nitrogens with one attached hydrogen (secondary N) is 1. The van der Waals surface area contributed by atoms with Gasteiger partial charge in [0.05, 0.1) is 11.4 Å². The van der Waals surface area contributed by atoms with Gasteiger partial charge in [0.25, 0.3) is 5.56 Å². The number of rotatable bonds is 6. The molecule has 17 heavy (non-hydrogen) atoms. The summed E-state index contributed by atoms with van der Waals surface area (Å²) >= 11 is 5.12. The van der Waals surface area contributed by atoms with E-state index in [-0.39, 0.29) is 5.56 Å². The molecule has 0 amide bonds. The van der Waals surface area contributed by atoms with Crippen LogP contribution < -0.4 is 5.56 Å². The van der Waals surface area contributed by atoms with E-state index in [9.17, 15) is 4.79 Å². The highest BCUT2D eigenvalue weighted by molar-refractivity contribution is 9.10. The molecule has 1 aromatic heterocycles. The Labute approximate surface area is 115 Å². The lowest BCUT2D eigenvalue weighted by Crippen LogP contribution is -2.15. The van der Waals surface area contributed by atoms with Gasteiger partial charge in [-0.25, -0.2) is 4.98 Å². The molecule has 1 aromatic rings. The first-order valence-corrected chi connectivity index (χ1v) is 7.81.